The lowest BCUT2D eigenvalue weighted by Crippen LogP contribution is -2.37. The van der Waals surface area contributed by atoms with Gasteiger partial charge < -0.3 is 4.90 Å². The molecule has 0 aromatic carbocycles. The molecule has 21 heavy (non-hydrogen) atoms. The van der Waals surface area contributed by atoms with Crippen molar-refractivity contribution in [1.29, 1.82) is 0 Å². The Morgan fingerprint density at radius 3 is 2.57 bits per heavy atom. The molecule has 1 N–H and O–H groups in total. The first-order valence-electron chi connectivity index (χ1n) is 7.86. The Hall–Kier alpha value is -1.68. The van der Waals surface area contributed by atoms with Crippen molar-refractivity contribution in [2.75, 3.05) is 13.1 Å². The first-order valence-corrected chi connectivity index (χ1v) is 7.86. The van der Waals surface area contributed by atoms with Crippen molar-refractivity contribution >= 4 is 0 Å². The minimum atomic E-state index is 0.654. The van der Waals surface area contributed by atoms with Gasteiger partial charge in [0.2, 0.25) is 0 Å². The fourth-order valence-corrected chi connectivity index (χ4v) is 3.14. The van der Waals surface area contributed by atoms with Crippen LogP contribution in [0.25, 0.3) is 11.4 Å². The average Bonchev–Trinajstić information content (AvgIpc) is 2.94. The molecule has 2 aromatic heterocycles. The van der Waals surface area contributed by atoms with Crippen LogP contribution in [0, 0.1) is 6.92 Å². The number of nitrogens with one attached hydrogen (secondary N) is 1. The Balaban J connectivity index is 1.75. The standard InChI is InChI=1S/C17H24N4/c1-12(2)21-8-5-14(6-9-21)15-4-7-18-16(11-15)17-10-13(3)19-20-17/h4,7,10-12,14H,5-6,8-9H2,1-3H3,(H,19,20). The van der Waals surface area contributed by atoms with Crippen molar-refractivity contribution in [1.82, 2.24) is 20.1 Å². The van der Waals surface area contributed by atoms with Crippen LogP contribution in [0.5, 0.6) is 0 Å². The zero-order valence-electron chi connectivity index (χ0n) is 13.1. The maximum Gasteiger partial charge on any atom is 0.111 e. The number of rotatable bonds is 3. The second kappa shape index (κ2) is 5.98. The van der Waals surface area contributed by atoms with Gasteiger partial charge in [0.25, 0.3) is 0 Å². The third kappa shape index (κ3) is 3.16. The van der Waals surface area contributed by atoms with Crippen LogP contribution in [-0.2, 0) is 0 Å². The second-order valence-electron chi connectivity index (χ2n) is 6.31. The average molecular weight is 284 g/mol. The zero-order chi connectivity index (χ0) is 14.8. The molecule has 4 nitrogen and oxygen atoms in total. The second-order valence-corrected chi connectivity index (χ2v) is 6.31. The Labute approximate surface area is 126 Å². The van der Waals surface area contributed by atoms with Gasteiger partial charge in [-0.05, 0) is 76.4 Å². The minimum absolute atomic E-state index is 0.654. The highest BCUT2D eigenvalue weighted by atomic mass is 15.1. The molecule has 0 unspecified atom stereocenters. The van der Waals surface area contributed by atoms with Crippen LogP contribution in [0.1, 0.15) is 43.9 Å². The van der Waals surface area contributed by atoms with E-state index in [-0.39, 0.29) is 0 Å². The van der Waals surface area contributed by atoms with Gasteiger partial charge in [0.1, 0.15) is 5.69 Å². The van der Waals surface area contributed by atoms with Crippen molar-refractivity contribution in [3.63, 3.8) is 0 Å². The smallest absolute Gasteiger partial charge is 0.111 e. The van der Waals surface area contributed by atoms with E-state index in [2.05, 4.69) is 46.1 Å². The predicted molar refractivity (Wildman–Crippen MR) is 85.2 cm³/mol. The van der Waals surface area contributed by atoms with E-state index in [9.17, 15) is 0 Å². The number of nitrogens with zero attached hydrogens (tertiary/aromatic N) is 3. The van der Waals surface area contributed by atoms with Gasteiger partial charge in [0.05, 0.1) is 5.69 Å². The maximum absolute atomic E-state index is 4.47. The number of hydrogen-bond acceptors (Lipinski definition) is 3. The predicted octanol–water partition coefficient (Wildman–Crippen LogP) is 3.37. The highest BCUT2D eigenvalue weighted by Crippen LogP contribution is 2.30. The van der Waals surface area contributed by atoms with Crippen molar-refractivity contribution < 1.29 is 0 Å². The number of H-pyrrole nitrogens is 1. The molecule has 0 bridgehead atoms. The van der Waals surface area contributed by atoms with Gasteiger partial charge in [-0.2, -0.15) is 5.10 Å². The fourth-order valence-electron chi connectivity index (χ4n) is 3.14. The summed E-state index contributed by atoms with van der Waals surface area (Å²) in [4.78, 5) is 7.03. The number of aromatic nitrogens is 3. The molecule has 0 amide bonds. The minimum Gasteiger partial charge on any atom is -0.301 e. The summed E-state index contributed by atoms with van der Waals surface area (Å²) in [5.41, 5.74) is 4.39. The zero-order valence-corrected chi connectivity index (χ0v) is 13.1. The number of pyridine rings is 1. The highest BCUT2D eigenvalue weighted by molar-refractivity contribution is 5.55. The maximum atomic E-state index is 4.47. The molecule has 0 radical (unpaired) electrons. The van der Waals surface area contributed by atoms with Crippen LogP contribution >= 0.6 is 0 Å². The summed E-state index contributed by atoms with van der Waals surface area (Å²) in [6, 6.07) is 7.09. The largest absolute Gasteiger partial charge is 0.301 e. The van der Waals surface area contributed by atoms with Gasteiger partial charge in [-0.1, -0.05) is 0 Å². The Morgan fingerprint density at radius 1 is 1.19 bits per heavy atom. The van der Waals surface area contributed by atoms with Crippen LogP contribution in [0.4, 0.5) is 0 Å². The molecule has 0 atom stereocenters. The third-order valence-corrected chi connectivity index (χ3v) is 4.48. The molecule has 0 aliphatic carbocycles. The molecular formula is C17H24N4. The van der Waals surface area contributed by atoms with Crippen molar-refractivity contribution in [3.8, 4) is 11.4 Å². The van der Waals surface area contributed by atoms with Crippen molar-refractivity contribution in [2.45, 2.75) is 45.6 Å². The van der Waals surface area contributed by atoms with Gasteiger partial charge in [-0.3, -0.25) is 10.1 Å². The summed E-state index contributed by atoms with van der Waals surface area (Å²) in [6.45, 7) is 8.97. The van der Waals surface area contributed by atoms with Gasteiger partial charge in [0.15, 0.2) is 0 Å². The molecule has 112 valence electrons. The Bertz CT molecular complexity index is 594. The van der Waals surface area contributed by atoms with E-state index in [0.29, 0.717) is 12.0 Å². The van der Waals surface area contributed by atoms with E-state index in [4.69, 9.17) is 0 Å². The highest BCUT2D eigenvalue weighted by Gasteiger charge is 2.22. The van der Waals surface area contributed by atoms with Crippen LogP contribution in [0.2, 0.25) is 0 Å². The van der Waals surface area contributed by atoms with Gasteiger partial charge >= 0.3 is 0 Å². The lowest BCUT2D eigenvalue weighted by atomic mass is 9.89. The monoisotopic (exact) mass is 284 g/mol. The van der Waals surface area contributed by atoms with Crippen LogP contribution in [-0.4, -0.2) is 39.2 Å². The van der Waals surface area contributed by atoms with Gasteiger partial charge in [0, 0.05) is 17.9 Å². The first-order chi connectivity index (χ1) is 10.1. The number of aromatic amines is 1. The number of hydrogen-bond donors (Lipinski definition) is 1. The molecule has 1 aliphatic rings. The summed E-state index contributed by atoms with van der Waals surface area (Å²) >= 11 is 0. The molecular weight excluding hydrogens is 260 g/mol. The molecule has 1 aliphatic heterocycles. The number of aryl methyl sites for hydroxylation is 1. The summed E-state index contributed by atoms with van der Waals surface area (Å²) in [7, 11) is 0. The van der Waals surface area contributed by atoms with Crippen molar-refractivity contribution in [3.05, 3.63) is 35.7 Å². The van der Waals surface area contributed by atoms with Crippen molar-refractivity contribution in [2.24, 2.45) is 0 Å². The van der Waals surface area contributed by atoms with E-state index in [1.807, 2.05) is 19.2 Å². The van der Waals surface area contributed by atoms with Gasteiger partial charge in [-0.25, -0.2) is 0 Å². The summed E-state index contributed by atoms with van der Waals surface area (Å²) in [5, 5.41) is 7.30. The molecule has 3 heterocycles. The summed E-state index contributed by atoms with van der Waals surface area (Å²) < 4.78 is 0. The summed E-state index contributed by atoms with van der Waals surface area (Å²) in [6.07, 6.45) is 4.39. The molecule has 0 spiro atoms. The van der Waals surface area contributed by atoms with E-state index in [1.165, 1.54) is 31.5 Å². The normalized spacial score (nSPS) is 17.5. The van der Waals surface area contributed by atoms with E-state index in [0.717, 1.165) is 17.1 Å². The lowest BCUT2D eigenvalue weighted by molar-refractivity contribution is 0.172. The molecule has 3 rings (SSSR count). The SMILES string of the molecule is Cc1cc(-c2cc(C3CCN(C(C)C)CC3)ccn2)n[nH]1. The molecule has 2 aromatic rings. The number of piperidine rings is 1. The third-order valence-electron chi connectivity index (χ3n) is 4.48. The molecule has 4 heteroatoms. The van der Waals surface area contributed by atoms with Crippen LogP contribution in [0.15, 0.2) is 24.4 Å². The van der Waals surface area contributed by atoms with E-state index >= 15 is 0 Å². The van der Waals surface area contributed by atoms with E-state index < -0.39 is 0 Å². The fraction of sp³-hybridized carbons (Fsp3) is 0.529. The molecule has 1 fully saturated rings. The topological polar surface area (TPSA) is 44.8 Å². The first kappa shape index (κ1) is 14.3. The lowest BCUT2D eigenvalue weighted by Gasteiger charge is -2.34. The van der Waals surface area contributed by atoms with Crippen LogP contribution < -0.4 is 0 Å². The molecule has 1 saturated heterocycles. The van der Waals surface area contributed by atoms with Crippen LogP contribution in [0.3, 0.4) is 0 Å². The molecule has 0 saturated carbocycles. The Morgan fingerprint density at radius 2 is 1.95 bits per heavy atom. The van der Waals surface area contributed by atoms with Gasteiger partial charge in [-0.15, -0.1) is 0 Å². The number of likely N-dealkylation sites (tertiary alicyclic amines) is 1. The quantitative estimate of drug-likeness (QED) is 0.940. The van der Waals surface area contributed by atoms with E-state index in [1.54, 1.807) is 0 Å². The summed E-state index contributed by atoms with van der Waals surface area (Å²) in [5.74, 6) is 0.654. The Kier molecular flexibility index (Phi) is 4.06.